The lowest BCUT2D eigenvalue weighted by atomic mass is 9.84. The standard InChI is InChI=1S/C15H19NO3/c1-16(14(17)12-6-4-7-12)10-9-11-5-2-3-8-13(11)15(18)19/h2-3,5,8,12H,4,6-7,9-10H2,1H3,(H,18,19). The molecule has 0 radical (unpaired) electrons. The van der Waals surface area contributed by atoms with E-state index in [9.17, 15) is 9.59 Å². The van der Waals surface area contributed by atoms with Crippen LogP contribution in [0.1, 0.15) is 35.2 Å². The molecule has 0 aromatic heterocycles. The molecule has 1 aliphatic rings. The lowest BCUT2D eigenvalue weighted by Crippen LogP contribution is -2.37. The van der Waals surface area contributed by atoms with Crippen LogP contribution in [-0.4, -0.2) is 35.5 Å². The highest BCUT2D eigenvalue weighted by molar-refractivity contribution is 5.89. The maximum atomic E-state index is 12.0. The number of hydrogen-bond donors (Lipinski definition) is 1. The number of nitrogens with zero attached hydrogens (tertiary/aromatic N) is 1. The van der Waals surface area contributed by atoms with E-state index < -0.39 is 5.97 Å². The van der Waals surface area contributed by atoms with Crippen LogP contribution >= 0.6 is 0 Å². The number of rotatable bonds is 5. The molecule has 1 aliphatic carbocycles. The van der Waals surface area contributed by atoms with Crippen LogP contribution in [0, 0.1) is 5.92 Å². The van der Waals surface area contributed by atoms with Gasteiger partial charge in [-0.15, -0.1) is 0 Å². The van der Waals surface area contributed by atoms with Gasteiger partial charge < -0.3 is 10.0 Å². The van der Waals surface area contributed by atoms with Crippen LogP contribution in [0.3, 0.4) is 0 Å². The van der Waals surface area contributed by atoms with Crippen LogP contribution in [0.15, 0.2) is 24.3 Å². The van der Waals surface area contributed by atoms with Crippen LogP contribution in [0.4, 0.5) is 0 Å². The third-order valence-corrected chi connectivity index (χ3v) is 3.79. The maximum Gasteiger partial charge on any atom is 0.335 e. The van der Waals surface area contributed by atoms with Crippen molar-refractivity contribution in [3.63, 3.8) is 0 Å². The number of carboxylic acid groups (broad SMARTS) is 1. The zero-order valence-corrected chi connectivity index (χ0v) is 11.1. The first kappa shape index (κ1) is 13.6. The van der Waals surface area contributed by atoms with Gasteiger partial charge >= 0.3 is 5.97 Å². The molecule has 1 fully saturated rings. The Morgan fingerprint density at radius 1 is 1.32 bits per heavy atom. The number of benzene rings is 1. The molecule has 0 atom stereocenters. The van der Waals surface area contributed by atoms with Gasteiger partial charge in [0.1, 0.15) is 0 Å². The molecule has 0 unspecified atom stereocenters. The zero-order valence-electron chi connectivity index (χ0n) is 11.1. The van der Waals surface area contributed by atoms with Crippen molar-refractivity contribution in [2.24, 2.45) is 5.92 Å². The summed E-state index contributed by atoms with van der Waals surface area (Å²) < 4.78 is 0. The molecule has 4 nitrogen and oxygen atoms in total. The predicted molar refractivity (Wildman–Crippen MR) is 72.1 cm³/mol. The normalized spacial score (nSPS) is 14.8. The summed E-state index contributed by atoms with van der Waals surface area (Å²) in [5.74, 6) is -0.526. The van der Waals surface area contributed by atoms with E-state index in [4.69, 9.17) is 5.11 Å². The van der Waals surface area contributed by atoms with E-state index in [2.05, 4.69) is 0 Å². The van der Waals surface area contributed by atoms with Crippen LogP contribution in [0.25, 0.3) is 0 Å². The Morgan fingerprint density at radius 3 is 2.58 bits per heavy atom. The number of aromatic carboxylic acids is 1. The Balaban J connectivity index is 1.94. The van der Waals surface area contributed by atoms with Crippen molar-refractivity contribution in [1.82, 2.24) is 4.90 Å². The SMILES string of the molecule is CN(CCc1ccccc1C(=O)O)C(=O)C1CCC1. The summed E-state index contributed by atoms with van der Waals surface area (Å²) in [6.07, 6.45) is 3.72. The summed E-state index contributed by atoms with van der Waals surface area (Å²) in [4.78, 5) is 24.8. The lowest BCUT2D eigenvalue weighted by Gasteiger charge is -2.29. The average molecular weight is 261 g/mol. The van der Waals surface area contributed by atoms with Crippen LogP contribution in [0.5, 0.6) is 0 Å². The minimum absolute atomic E-state index is 0.194. The molecule has 1 aromatic carbocycles. The molecule has 19 heavy (non-hydrogen) atoms. The van der Waals surface area contributed by atoms with E-state index in [0.717, 1.165) is 24.8 Å². The largest absolute Gasteiger partial charge is 0.478 e. The smallest absolute Gasteiger partial charge is 0.335 e. The van der Waals surface area contributed by atoms with Gasteiger partial charge in [-0.25, -0.2) is 4.79 Å². The second-order valence-electron chi connectivity index (χ2n) is 5.10. The molecule has 0 aliphatic heterocycles. The van der Waals surface area contributed by atoms with E-state index >= 15 is 0 Å². The molecule has 0 bridgehead atoms. The second-order valence-corrected chi connectivity index (χ2v) is 5.10. The molecule has 0 saturated heterocycles. The van der Waals surface area contributed by atoms with E-state index in [1.54, 1.807) is 24.1 Å². The van der Waals surface area contributed by atoms with Crippen molar-refractivity contribution in [2.45, 2.75) is 25.7 Å². The number of likely N-dealkylation sites (N-methyl/N-ethyl adjacent to an activating group) is 1. The van der Waals surface area contributed by atoms with Gasteiger partial charge in [-0.3, -0.25) is 4.79 Å². The zero-order chi connectivity index (χ0) is 13.8. The minimum atomic E-state index is -0.913. The van der Waals surface area contributed by atoms with Gasteiger partial charge in [0.25, 0.3) is 0 Å². The van der Waals surface area contributed by atoms with Crippen molar-refractivity contribution < 1.29 is 14.7 Å². The lowest BCUT2D eigenvalue weighted by molar-refractivity contribution is -0.136. The van der Waals surface area contributed by atoms with E-state index in [1.807, 2.05) is 12.1 Å². The minimum Gasteiger partial charge on any atom is -0.478 e. The summed E-state index contributed by atoms with van der Waals surface area (Å²) in [6, 6.07) is 6.96. The highest BCUT2D eigenvalue weighted by Gasteiger charge is 2.27. The van der Waals surface area contributed by atoms with Gasteiger partial charge in [0.15, 0.2) is 0 Å². The fourth-order valence-electron chi connectivity index (χ4n) is 2.31. The maximum absolute atomic E-state index is 12.0. The summed E-state index contributed by atoms with van der Waals surface area (Å²) in [6.45, 7) is 0.569. The number of amides is 1. The summed E-state index contributed by atoms with van der Waals surface area (Å²) in [5, 5.41) is 9.09. The van der Waals surface area contributed by atoms with E-state index in [1.165, 1.54) is 0 Å². The Bertz CT molecular complexity index is 480. The van der Waals surface area contributed by atoms with Crippen molar-refractivity contribution in [1.29, 1.82) is 0 Å². The monoisotopic (exact) mass is 261 g/mol. The molecule has 1 amide bonds. The number of carbonyl (C=O) groups excluding carboxylic acids is 1. The van der Waals surface area contributed by atoms with Gasteiger partial charge in [0, 0.05) is 19.5 Å². The average Bonchev–Trinajstić information content (AvgIpc) is 2.34. The molecule has 1 N–H and O–H groups in total. The molecule has 102 valence electrons. The topological polar surface area (TPSA) is 57.6 Å². The van der Waals surface area contributed by atoms with Gasteiger partial charge in [0.05, 0.1) is 5.56 Å². The van der Waals surface area contributed by atoms with E-state index in [0.29, 0.717) is 18.5 Å². The molecule has 4 heteroatoms. The molecule has 1 saturated carbocycles. The second kappa shape index (κ2) is 5.87. The van der Waals surface area contributed by atoms with Crippen LogP contribution < -0.4 is 0 Å². The first-order valence-electron chi connectivity index (χ1n) is 6.65. The third-order valence-electron chi connectivity index (χ3n) is 3.79. The Morgan fingerprint density at radius 2 is 2.00 bits per heavy atom. The Kier molecular flexibility index (Phi) is 4.20. The molecular formula is C15H19NO3. The summed E-state index contributed by atoms with van der Waals surface area (Å²) in [7, 11) is 1.80. The highest BCUT2D eigenvalue weighted by atomic mass is 16.4. The van der Waals surface area contributed by atoms with Crippen LogP contribution in [-0.2, 0) is 11.2 Å². The van der Waals surface area contributed by atoms with Crippen molar-refractivity contribution in [3.05, 3.63) is 35.4 Å². The molecule has 2 rings (SSSR count). The number of carbonyl (C=O) groups is 2. The fraction of sp³-hybridized carbons (Fsp3) is 0.467. The molecule has 0 spiro atoms. The Hall–Kier alpha value is -1.84. The van der Waals surface area contributed by atoms with Crippen molar-refractivity contribution in [2.75, 3.05) is 13.6 Å². The van der Waals surface area contributed by atoms with Gasteiger partial charge in [0.2, 0.25) is 5.91 Å². The van der Waals surface area contributed by atoms with Crippen molar-refractivity contribution >= 4 is 11.9 Å². The summed E-state index contributed by atoms with van der Waals surface area (Å²) in [5.41, 5.74) is 1.11. The van der Waals surface area contributed by atoms with Crippen molar-refractivity contribution in [3.8, 4) is 0 Å². The predicted octanol–water partition coefficient (Wildman–Crippen LogP) is 2.19. The number of carboxylic acids is 1. The summed E-state index contributed by atoms with van der Waals surface area (Å²) >= 11 is 0. The van der Waals surface area contributed by atoms with Gasteiger partial charge in [-0.2, -0.15) is 0 Å². The fourth-order valence-corrected chi connectivity index (χ4v) is 2.31. The number of hydrogen-bond acceptors (Lipinski definition) is 2. The first-order valence-corrected chi connectivity index (χ1v) is 6.65. The molecule has 0 heterocycles. The highest BCUT2D eigenvalue weighted by Crippen LogP contribution is 2.27. The quantitative estimate of drug-likeness (QED) is 0.884. The molecular weight excluding hydrogens is 242 g/mol. The van der Waals surface area contributed by atoms with Crippen LogP contribution in [0.2, 0.25) is 0 Å². The molecule has 1 aromatic rings. The Labute approximate surface area is 113 Å². The van der Waals surface area contributed by atoms with Gasteiger partial charge in [-0.05, 0) is 30.9 Å². The first-order chi connectivity index (χ1) is 9.09. The van der Waals surface area contributed by atoms with E-state index in [-0.39, 0.29) is 11.8 Å². The van der Waals surface area contributed by atoms with Gasteiger partial charge in [-0.1, -0.05) is 24.6 Å². The third kappa shape index (κ3) is 3.13.